The minimum Gasteiger partial charge on any atom is -0.255 e. The number of pyridine rings is 2. The van der Waals surface area contributed by atoms with Gasteiger partial charge in [-0.3, -0.25) is 4.98 Å². The Morgan fingerprint density at radius 2 is 2.25 bits per heavy atom. The third-order valence-corrected chi connectivity index (χ3v) is 3.80. The molecule has 3 aromatic heterocycles. The Morgan fingerprint density at radius 1 is 1.31 bits per heavy atom. The molecule has 0 N–H and O–H groups in total. The number of hydrogen-bond donors (Lipinski definition) is 0. The maximum Gasteiger partial charge on any atom is 0.186 e. The Kier molecular flexibility index (Phi) is 2.33. The lowest BCUT2D eigenvalue weighted by atomic mass is 10.2. The summed E-state index contributed by atoms with van der Waals surface area (Å²) in [5, 5.41) is 1.27. The molecule has 0 bridgehead atoms. The molecule has 0 saturated carbocycles. The van der Waals surface area contributed by atoms with Crippen molar-refractivity contribution in [2.24, 2.45) is 0 Å². The summed E-state index contributed by atoms with van der Waals surface area (Å²) in [4.78, 5) is 4.45. The molecule has 0 aromatic carbocycles. The zero-order valence-corrected chi connectivity index (χ0v) is 10.00. The summed E-state index contributed by atoms with van der Waals surface area (Å²) < 4.78 is 4.84. The van der Waals surface area contributed by atoms with Crippen LogP contribution in [0.1, 0.15) is 13.3 Å². The van der Waals surface area contributed by atoms with Gasteiger partial charge in [0.1, 0.15) is 11.2 Å². The van der Waals surface area contributed by atoms with Crippen LogP contribution >= 0.6 is 11.3 Å². The molecule has 0 unspecified atom stereocenters. The van der Waals surface area contributed by atoms with Crippen molar-refractivity contribution in [1.82, 2.24) is 4.98 Å². The highest BCUT2D eigenvalue weighted by molar-refractivity contribution is 7.25. The van der Waals surface area contributed by atoms with Crippen LogP contribution in [0.2, 0.25) is 0 Å². The number of fused-ring (bicyclic) bond motifs is 3. The highest BCUT2D eigenvalue weighted by Crippen LogP contribution is 2.30. The van der Waals surface area contributed by atoms with E-state index in [0.717, 1.165) is 12.1 Å². The van der Waals surface area contributed by atoms with Crippen molar-refractivity contribution >= 4 is 31.6 Å². The lowest BCUT2D eigenvalue weighted by Gasteiger charge is -1.93. The fraction of sp³-hybridized carbons (Fsp3) is 0.231. The molecule has 3 aromatic rings. The van der Waals surface area contributed by atoms with Gasteiger partial charge in [-0.25, -0.2) is 4.57 Å². The Bertz CT molecular complexity index is 643. The van der Waals surface area contributed by atoms with E-state index in [0.29, 0.717) is 0 Å². The minimum absolute atomic E-state index is 1.08. The molecule has 3 rings (SSSR count). The molecule has 0 spiro atoms. The molecule has 0 aliphatic carbocycles. The Balaban J connectivity index is 2.28. The zero-order chi connectivity index (χ0) is 11.0. The van der Waals surface area contributed by atoms with Crippen LogP contribution in [0.5, 0.6) is 0 Å². The molecule has 16 heavy (non-hydrogen) atoms. The monoisotopic (exact) mass is 229 g/mol. The number of thiophene rings is 1. The first-order valence-electron chi connectivity index (χ1n) is 5.55. The molecule has 0 amide bonds. The van der Waals surface area contributed by atoms with E-state index < -0.39 is 0 Å². The summed E-state index contributed by atoms with van der Waals surface area (Å²) in [7, 11) is 0. The van der Waals surface area contributed by atoms with E-state index in [-0.39, 0.29) is 0 Å². The third-order valence-electron chi connectivity index (χ3n) is 2.71. The average Bonchev–Trinajstić information content (AvgIpc) is 2.67. The van der Waals surface area contributed by atoms with Crippen LogP contribution in [-0.2, 0) is 6.54 Å². The zero-order valence-electron chi connectivity index (χ0n) is 9.18. The molecule has 2 nitrogen and oxygen atoms in total. The van der Waals surface area contributed by atoms with Gasteiger partial charge in [0.25, 0.3) is 0 Å². The smallest absolute Gasteiger partial charge is 0.186 e. The number of aromatic nitrogens is 2. The predicted octanol–water partition coefficient (Wildman–Crippen LogP) is 3.15. The highest BCUT2D eigenvalue weighted by atomic mass is 32.1. The van der Waals surface area contributed by atoms with Crippen LogP contribution in [-0.4, -0.2) is 4.98 Å². The van der Waals surface area contributed by atoms with Crippen LogP contribution in [0.25, 0.3) is 20.3 Å². The summed E-state index contributed by atoms with van der Waals surface area (Å²) in [5.74, 6) is 0. The number of nitrogens with zero attached hydrogens (tertiary/aromatic N) is 2. The Hall–Kier alpha value is -1.48. The molecule has 0 fully saturated rings. The van der Waals surface area contributed by atoms with Crippen molar-refractivity contribution in [2.75, 3.05) is 0 Å². The van der Waals surface area contributed by atoms with Gasteiger partial charge in [-0.2, -0.15) is 0 Å². The van der Waals surface area contributed by atoms with Crippen molar-refractivity contribution in [1.29, 1.82) is 0 Å². The van der Waals surface area contributed by atoms with Crippen molar-refractivity contribution < 1.29 is 4.57 Å². The maximum atomic E-state index is 4.45. The first kappa shape index (κ1) is 9.73. The van der Waals surface area contributed by atoms with Crippen LogP contribution < -0.4 is 4.57 Å². The summed E-state index contributed by atoms with van der Waals surface area (Å²) in [6, 6.07) is 6.31. The second-order valence-electron chi connectivity index (χ2n) is 3.91. The van der Waals surface area contributed by atoms with E-state index in [1.807, 2.05) is 23.6 Å². The van der Waals surface area contributed by atoms with Crippen molar-refractivity contribution in [3.8, 4) is 0 Å². The van der Waals surface area contributed by atoms with E-state index in [9.17, 15) is 0 Å². The number of hydrogen-bond acceptors (Lipinski definition) is 2. The van der Waals surface area contributed by atoms with E-state index in [4.69, 9.17) is 0 Å². The van der Waals surface area contributed by atoms with E-state index in [2.05, 4.69) is 41.0 Å². The van der Waals surface area contributed by atoms with Gasteiger partial charge in [0, 0.05) is 24.1 Å². The topological polar surface area (TPSA) is 16.8 Å². The molecule has 3 heterocycles. The SMILES string of the molecule is CCC[n+]1ccc2c(c1)sc1cccnc12. The quantitative estimate of drug-likeness (QED) is 0.617. The fourth-order valence-corrected chi connectivity index (χ4v) is 3.09. The number of rotatable bonds is 2. The van der Waals surface area contributed by atoms with E-state index in [1.54, 1.807) is 0 Å². The second kappa shape index (κ2) is 3.83. The predicted molar refractivity (Wildman–Crippen MR) is 67.6 cm³/mol. The van der Waals surface area contributed by atoms with Crippen LogP contribution in [0.4, 0.5) is 0 Å². The highest BCUT2D eigenvalue weighted by Gasteiger charge is 2.09. The molecule has 0 radical (unpaired) electrons. The standard InChI is InChI=1S/C13H13N2S/c1-2-7-15-8-5-10-12(9-15)16-11-4-3-6-14-13(10)11/h3-6,8-9H,2,7H2,1H3/q+1. The largest absolute Gasteiger partial charge is 0.255 e. The lowest BCUT2D eigenvalue weighted by molar-refractivity contribution is -0.695. The van der Waals surface area contributed by atoms with Gasteiger partial charge in [-0.05, 0) is 12.1 Å². The molecular formula is C13H13N2S+. The second-order valence-corrected chi connectivity index (χ2v) is 5.00. The van der Waals surface area contributed by atoms with E-state index >= 15 is 0 Å². The van der Waals surface area contributed by atoms with Gasteiger partial charge in [0.15, 0.2) is 12.4 Å². The summed E-state index contributed by atoms with van der Waals surface area (Å²) in [6.45, 7) is 3.28. The van der Waals surface area contributed by atoms with Crippen LogP contribution in [0, 0.1) is 0 Å². The van der Waals surface area contributed by atoms with Gasteiger partial charge in [-0.1, -0.05) is 6.92 Å². The molecule has 0 aliphatic heterocycles. The Labute approximate surface area is 98.2 Å². The van der Waals surface area contributed by atoms with Crippen LogP contribution in [0.15, 0.2) is 36.8 Å². The van der Waals surface area contributed by atoms with E-state index in [1.165, 1.54) is 21.2 Å². The molecule has 0 saturated heterocycles. The van der Waals surface area contributed by atoms with Gasteiger partial charge < -0.3 is 0 Å². The molecule has 80 valence electrons. The van der Waals surface area contributed by atoms with Crippen LogP contribution in [0.3, 0.4) is 0 Å². The van der Waals surface area contributed by atoms with Crippen molar-refractivity contribution in [3.05, 3.63) is 36.8 Å². The maximum absolute atomic E-state index is 4.45. The minimum atomic E-state index is 1.08. The third kappa shape index (κ3) is 1.48. The normalized spacial score (nSPS) is 11.3. The summed E-state index contributed by atoms with van der Waals surface area (Å²) >= 11 is 1.82. The lowest BCUT2D eigenvalue weighted by Crippen LogP contribution is -2.31. The van der Waals surface area contributed by atoms with Gasteiger partial charge in [0.05, 0.1) is 10.2 Å². The molecule has 3 heteroatoms. The summed E-state index contributed by atoms with van der Waals surface area (Å²) in [5.41, 5.74) is 1.13. The number of aryl methyl sites for hydroxylation is 1. The molecular weight excluding hydrogens is 216 g/mol. The van der Waals surface area contributed by atoms with Crippen molar-refractivity contribution in [3.63, 3.8) is 0 Å². The van der Waals surface area contributed by atoms with Crippen molar-refractivity contribution in [2.45, 2.75) is 19.9 Å². The Morgan fingerprint density at radius 3 is 3.12 bits per heavy atom. The summed E-state index contributed by atoms with van der Waals surface area (Å²) in [6.07, 6.45) is 7.40. The molecule has 0 atom stereocenters. The van der Waals surface area contributed by atoms with Gasteiger partial charge in [0.2, 0.25) is 0 Å². The van der Waals surface area contributed by atoms with Gasteiger partial charge >= 0.3 is 0 Å². The first-order chi connectivity index (χ1) is 7.88. The van der Waals surface area contributed by atoms with Gasteiger partial charge in [-0.15, -0.1) is 11.3 Å². The molecule has 0 aliphatic rings. The first-order valence-corrected chi connectivity index (χ1v) is 6.36. The fourth-order valence-electron chi connectivity index (χ4n) is 1.98. The average molecular weight is 229 g/mol.